The largest absolute Gasteiger partial charge is 0.416 e. The summed E-state index contributed by atoms with van der Waals surface area (Å²) in [6.07, 6.45) is -7.53. The first-order valence-corrected chi connectivity index (χ1v) is 13.5. The van der Waals surface area contributed by atoms with E-state index in [1.165, 1.54) is 42.5 Å². The van der Waals surface area contributed by atoms with Crippen molar-refractivity contribution in [2.45, 2.75) is 62.6 Å². The Morgan fingerprint density at radius 2 is 1.62 bits per heavy atom. The molecule has 0 amide bonds. The van der Waals surface area contributed by atoms with Gasteiger partial charge >= 0.3 is 17.8 Å². The summed E-state index contributed by atoms with van der Waals surface area (Å²) in [5.41, 5.74) is -3.25. The predicted molar refractivity (Wildman–Crippen MR) is 142 cm³/mol. The number of hydrogen-bond donors (Lipinski definition) is 2. The van der Waals surface area contributed by atoms with Crippen LogP contribution >= 0.6 is 23.2 Å². The maximum Gasteiger partial charge on any atom is 0.416 e. The minimum Gasteiger partial charge on any atom is -0.383 e. The van der Waals surface area contributed by atoms with Crippen molar-refractivity contribution in [1.82, 2.24) is 29.1 Å². The van der Waals surface area contributed by atoms with Crippen LogP contribution in [0.5, 0.6) is 0 Å². The van der Waals surface area contributed by atoms with Crippen LogP contribution in [0.2, 0.25) is 10.0 Å². The smallest absolute Gasteiger partial charge is 0.383 e. The van der Waals surface area contributed by atoms with E-state index in [1.54, 1.807) is 6.07 Å². The van der Waals surface area contributed by atoms with Crippen LogP contribution in [-0.2, 0) is 19.0 Å². The van der Waals surface area contributed by atoms with Gasteiger partial charge in [0.05, 0.1) is 17.3 Å². The van der Waals surface area contributed by atoms with Crippen LogP contribution in [-0.4, -0.2) is 57.2 Å². The van der Waals surface area contributed by atoms with E-state index in [9.17, 15) is 28.2 Å². The van der Waals surface area contributed by atoms with Gasteiger partial charge in [-0.05, 0) is 49.2 Å². The van der Waals surface area contributed by atoms with Gasteiger partial charge in [0.15, 0.2) is 17.8 Å². The third-order valence-electron chi connectivity index (χ3n) is 7.08. The lowest BCUT2D eigenvalue weighted by atomic mass is 9.93. The molecule has 1 fully saturated rings. The first-order chi connectivity index (χ1) is 19.7. The van der Waals surface area contributed by atoms with Crippen LogP contribution in [0.15, 0.2) is 53.3 Å². The standard InChI is InChI=1S/C26H23Cl2F5N6O3/c27-16-9-7-15(8-10-16)21-36-38(23(41)37(21)13-19(40)26(31,32)33)14-20-34-22(25(29,30)24(42)11-3-4-12-24)39(35-20)18-6-2-1-5-17(18)28/h1-2,5-10,19,40,42H,3-4,11-14H2/t19-/m0/s1. The molecular weight excluding hydrogens is 610 g/mol. The molecule has 0 saturated heterocycles. The van der Waals surface area contributed by atoms with Gasteiger partial charge in [0.2, 0.25) is 5.82 Å². The van der Waals surface area contributed by atoms with Gasteiger partial charge in [-0.3, -0.25) is 4.57 Å². The predicted octanol–water partition coefficient (Wildman–Crippen LogP) is 4.97. The Labute approximate surface area is 244 Å². The quantitative estimate of drug-likeness (QED) is 0.266. The number of aromatic nitrogens is 6. The average molecular weight is 633 g/mol. The number of hydrogen-bond acceptors (Lipinski definition) is 6. The summed E-state index contributed by atoms with van der Waals surface area (Å²) in [5, 5.41) is 29.2. The van der Waals surface area contributed by atoms with Gasteiger partial charge in [0, 0.05) is 10.6 Å². The topological polar surface area (TPSA) is 111 Å². The molecule has 0 unspecified atom stereocenters. The maximum atomic E-state index is 15.9. The van der Waals surface area contributed by atoms with Crippen molar-refractivity contribution in [1.29, 1.82) is 0 Å². The highest BCUT2D eigenvalue weighted by molar-refractivity contribution is 6.32. The highest BCUT2D eigenvalue weighted by Gasteiger charge is 2.58. The molecule has 2 heterocycles. The summed E-state index contributed by atoms with van der Waals surface area (Å²) >= 11 is 12.2. The van der Waals surface area contributed by atoms with Crippen molar-refractivity contribution in [2.24, 2.45) is 0 Å². The second-order valence-corrected chi connectivity index (χ2v) is 10.8. The van der Waals surface area contributed by atoms with Crippen molar-refractivity contribution in [3.05, 3.63) is 80.7 Å². The zero-order valence-electron chi connectivity index (χ0n) is 21.6. The van der Waals surface area contributed by atoms with E-state index in [1.807, 2.05) is 0 Å². The fraction of sp³-hybridized carbons (Fsp3) is 0.385. The van der Waals surface area contributed by atoms with Crippen LogP contribution < -0.4 is 5.69 Å². The van der Waals surface area contributed by atoms with Crippen molar-refractivity contribution in [2.75, 3.05) is 0 Å². The van der Waals surface area contributed by atoms with Crippen molar-refractivity contribution in [3.8, 4) is 17.1 Å². The minimum absolute atomic E-state index is 0.0298. The summed E-state index contributed by atoms with van der Waals surface area (Å²) in [6.45, 7) is -1.81. The zero-order chi connectivity index (χ0) is 30.4. The van der Waals surface area contributed by atoms with E-state index in [2.05, 4.69) is 15.2 Å². The van der Waals surface area contributed by atoms with Gasteiger partial charge in [-0.1, -0.05) is 48.2 Å². The van der Waals surface area contributed by atoms with Gasteiger partial charge in [0.1, 0.15) is 12.1 Å². The van der Waals surface area contributed by atoms with Crippen molar-refractivity contribution < 1.29 is 32.2 Å². The lowest BCUT2D eigenvalue weighted by Gasteiger charge is -2.31. The summed E-state index contributed by atoms with van der Waals surface area (Å²) in [7, 11) is 0. The highest BCUT2D eigenvalue weighted by Crippen LogP contribution is 2.48. The monoisotopic (exact) mass is 632 g/mol. The number of aliphatic hydroxyl groups is 2. The average Bonchev–Trinajstić information content (AvgIpc) is 3.64. The molecule has 1 aliphatic carbocycles. The molecule has 16 heteroatoms. The Hall–Kier alpha value is -3.33. The van der Waals surface area contributed by atoms with Gasteiger partial charge < -0.3 is 10.2 Å². The molecular formula is C26H23Cl2F5N6O3. The molecule has 1 atom stereocenters. The maximum absolute atomic E-state index is 15.9. The molecule has 42 heavy (non-hydrogen) atoms. The second kappa shape index (κ2) is 11.1. The molecule has 224 valence electrons. The number of alkyl halides is 5. The van der Waals surface area contributed by atoms with Crippen LogP contribution in [0.1, 0.15) is 37.3 Å². The molecule has 9 nitrogen and oxygen atoms in total. The van der Waals surface area contributed by atoms with E-state index < -0.39 is 48.4 Å². The molecule has 1 aliphatic rings. The molecule has 0 bridgehead atoms. The Bertz CT molecular complexity index is 1650. The first kappa shape index (κ1) is 30.1. The normalized spacial score (nSPS) is 16.2. The Morgan fingerprint density at radius 1 is 0.976 bits per heavy atom. The first-order valence-electron chi connectivity index (χ1n) is 12.7. The lowest BCUT2D eigenvalue weighted by molar-refractivity contribution is -0.207. The number of rotatable bonds is 8. The van der Waals surface area contributed by atoms with E-state index in [0.717, 1.165) is 4.68 Å². The van der Waals surface area contributed by atoms with E-state index in [-0.39, 0.29) is 40.8 Å². The number of para-hydroxylation sites is 1. The van der Waals surface area contributed by atoms with Crippen molar-refractivity contribution >= 4 is 23.2 Å². The molecule has 4 aromatic rings. The molecule has 5 rings (SSSR count). The van der Waals surface area contributed by atoms with Crippen LogP contribution in [0.25, 0.3) is 17.1 Å². The minimum atomic E-state index is -5.03. The molecule has 0 spiro atoms. The second-order valence-electron chi connectivity index (χ2n) is 9.97. The van der Waals surface area contributed by atoms with Gasteiger partial charge in [-0.15, -0.1) is 10.2 Å². The lowest BCUT2D eigenvalue weighted by Crippen LogP contribution is -2.45. The van der Waals surface area contributed by atoms with Crippen LogP contribution in [0, 0.1) is 0 Å². The number of nitrogens with zero attached hydrogens (tertiary/aromatic N) is 6. The molecule has 0 radical (unpaired) electrons. The third-order valence-corrected chi connectivity index (χ3v) is 7.65. The third kappa shape index (κ3) is 5.55. The highest BCUT2D eigenvalue weighted by atomic mass is 35.5. The number of benzene rings is 2. The van der Waals surface area contributed by atoms with Gasteiger partial charge in [-0.25, -0.2) is 19.1 Å². The summed E-state index contributed by atoms with van der Waals surface area (Å²) in [5.74, 6) is -5.40. The van der Waals surface area contributed by atoms with E-state index in [4.69, 9.17) is 23.2 Å². The Kier molecular flexibility index (Phi) is 7.94. The molecule has 2 aromatic heterocycles. The van der Waals surface area contributed by atoms with Gasteiger partial charge in [-0.2, -0.15) is 22.0 Å². The zero-order valence-corrected chi connectivity index (χ0v) is 23.1. The van der Waals surface area contributed by atoms with Gasteiger partial charge in [0.25, 0.3) is 0 Å². The SMILES string of the molecule is O=c1n(Cc2nc(C(F)(F)C3(O)CCCC3)n(-c3ccccc3Cl)n2)nc(-c2ccc(Cl)cc2)n1C[C@H](O)C(F)(F)F. The van der Waals surface area contributed by atoms with Crippen LogP contribution in [0.4, 0.5) is 22.0 Å². The molecule has 1 saturated carbocycles. The summed E-state index contributed by atoms with van der Waals surface area (Å²) < 4.78 is 73.4. The number of halogens is 7. The fourth-order valence-electron chi connectivity index (χ4n) is 4.83. The fourth-order valence-corrected chi connectivity index (χ4v) is 5.17. The summed E-state index contributed by atoms with van der Waals surface area (Å²) in [4.78, 5) is 17.2. The van der Waals surface area contributed by atoms with E-state index in [0.29, 0.717) is 27.1 Å². The Balaban J connectivity index is 1.61. The summed E-state index contributed by atoms with van der Waals surface area (Å²) in [6, 6.07) is 11.7. The van der Waals surface area contributed by atoms with E-state index >= 15 is 8.78 Å². The van der Waals surface area contributed by atoms with Crippen molar-refractivity contribution in [3.63, 3.8) is 0 Å². The number of aliphatic hydroxyl groups excluding tert-OH is 1. The van der Waals surface area contributed by atoms with Crippen LogP contribution in [0.3, 0.4) is 0 Å². The molecule has 2 N–H and O–H groups in total. The Morgan fingerprint density at radius 3 is 2.24 bits per heavy atom. The molecule has 2 aromatic carbocycles. The molecule has 0 aliphatic heterocycles.